The molecule has 5 heterocycles. The molecule has 1 N–H and O–H groups in total. The minimum Gasteiger partial charge on any atom is -0.458 e. The predicted octanol–water partition coefficient (Wildman–Crippen LogP) is 2.45. The Morgan fingerprint density at radius 1 is 1.23 bits per heavy atom. The second-order valence-electron chi connectivity index (χ2n) is 6.96. The number of aliphatic hydroxyl groups is 1. The van der Waals surface area contributed by atoms with E-state index in [0.717, 1.165) is 22.3 Å². The van der Waals surface area contributed by atoms with Gasteiger partial charge in [0.1, 0.15) is 12.4 Å². The topological polar surface area (TPSA) is 97.5 Å². The molecule has 2 aliphatic rings. The van der Waals surface area contributed by atoms with Crippen LogP contribution in [-0.4, -0.2) is 39.7 Å². The second-order valence-corrected chi connectivity index (χ2v) is 6.96. The van der Waals surface area contributed by atoms with Crippen LogP contribution < -0.4 is 10.5 Å². The fourth-order valence-electron chi connectivity index (χ4n) is 3.79. The molecule has 5 rings (SSSR count). The Labute approximate surface area is 203 Å². The number of carbonyl (C=O) groups excluding carboxylic acids is 1. The molecule has 163 valence electrons. The van der Waals surface area contributed by atoms with E-state index in [-0.39, 0.29) is 49.5 Å². The molecule has 0 fully saturated rings. The van der Waals surface area contributed by atoms with E-state index in [1.807, 2.05) is 45.0 Å². The molecule has 2 aliphatic heterocycles. The van der Waals surface area contributed by atoms with Crippen molar-refractivity contribution < 1.29 is 44.6 Å². The number of pyridine rings is 3. The molecule has 1 radical (unpaired) electrons. The van der Waals surface area contributed by atoms with Crippen LogP contribution in [0.2, 0.25) is 0 Å². The molecule has 1 atom stereocenters. The van der Waals surface area contributed by atoms with Crippen molar-refractivity contribution in [2.45, 2.75) is 33.1 Å². The number of anilines is 1. The molecule has 9 heteroatoms. The molecule has 0 aromatic carbocycles. The zero-order chi connectivity index (χ0) is 20.9. The standard InChI is InChI=1S/C19H16N4O4.C2H6.CH3.Np/c1-22(2)17-11-5-9-7-23-14(15(9)21-13(11)3-4-20-17)6-10-12(18(23)25)8-27-19(26)16(10)24;1-2;;/h3-6,16,24H,7-8H2,1-2H3;1-2H3;1H3;/q;;-1;. The summed E-state index contributed by atoms with van der Waals surface area (Å²) in [5.74, 6) is 0.0676. The molecule has 0 saturated carbocycles. The Morgan fingerprint density at radius 2 is 1.94 bits per heavy atom. The Balaban J connectivity index is 0.000000830. The van der Waals surface area contributed by atoms with Gasteiger partial charge in [-0.2, -0.15) is 0 Å². The van der Waals surface area contributed by atoms with Gasteiger partial charge in [-0.05, 0) is 18.2 Å². The first-order valence-electron chi connectivity index (χ1n) is 9.53. The zero-order valence-electron chi connectivity index (χ0n) is 18.2. The number of fused-ring (bicyclic) bond motifs is 5. The van der Waals surface area contributed by atoms with E-state index in [4.69, 9.17) is 9.72 Å². The van der Waals surface area contributed by atoms with Crippen LogP contribution in [0.4, 0.5) is 5.82 Å². The van der Waals surface area contributed by atoms with Crippen LogP contribution in [0.1, 0.15) is 36.6 Å². The monoisotopic (exact) mass is 645 g/mol. The smallest absolute Gasteiger partial charge is 0.340 e. The molecule has 0 spiro atoms. The fourth-order valence-corrected chi connectivity index (χ4v) is 3.79. The van der Waals surface area contributed by atoms with Gasteiger partial charge in [-0.3, -0.25) is 4.79 Å². The van der Waals surface area contributed by atoms with E-state index in [2.05, 4.69) is 4.98 Å². The van der Waals surface area contributed by atoms with Crippen molar-refractivity contribution in [1.29, 1.82) is 0 Å². The summed E-state index contributed by atoms with van der Waals surface area (Å²) in [6.07, 6.45) is 0.257. The number of rotatable bonds is 1. The molecule has 31 heavy (non-hydrogen) atoms. The van der Waals surface area contributed by atoms with E-state index in [0.29, 0.717) is 29.1 Å². The second kappa shape index (κ2) is 9.49. The van der Waals surface area contributed by atoms with Crippen LogP contribution in [-0.2, 0) is 22.7 Å². The van der Waals surface area contributed by atoms with Crippen LogP contribution in [0.3, 0.4) is 0 Å². The van der Waals surface area contributed by atoms with Gasteiger partial charge in [-0.1, -0.05) is 13.8 Å². The molecule has 3 aromatic rings. The number of aliphatic hydroxyl groups excluding tert-OH is 1. The van der Waals surface area contributed by atoms with Crippen LogP contribution in [0.5, 0.6) is 0 Å². The molecule has 0 saturated heterocycles. The molecule has 0 aliphatic carbocycles. The number of aromatic nitrogens is 3. The van der Waals surface area contributed by atoms with E-state index < -0.39 is 12.1 Å². The Morgan fingerprint density at radius 3 is 2.61 bits per heavy atom. The van der Waals surface area contributed by atoms with Crippen LogP contribution >= 0.6 is 0 Å². The quantitative estimate of drug-likeness (QED) is 0.251. The minimum atomic E-state index is -1.44. The maximum Gasteiger partial charge on any atom is 0.340 e. The van der Waals surface area contributed by atoms with Gasteiger partial charge in [0.15, 0.2) is 6.10 Å². The maximum absolute atomic E-state index is 12.9. The van der Waals surface area contributed by atoms with Gasteiger partial charge in [0.05, 0.1) is 29.0 Å². The molecule has 0 amide bonds. The summed E-state index contributed by atoms with van der Waals surface area (Å²) in [4.78, 5) is 35.7. The summed E-state index contributed by atoms with van der Waals surface area (Å²) in [6.45, 7) is 4.26. The summed E-state index contributed by atoms with van der Waals surface area (Å²) in [7, 11) is 3.83. The van der Waals surface area contributed by atoms with Crippen molar-refractivity contribution in [3.05, 3.63) is 58.9 Å². The summed E-state index contributed by atoms with van der Waals surface area (Å²) in [6, 6.07) is 5.51. The van der Waals surface area contributed by atoms with Crippen molar-refractivity contribution in [2.24, 2.45) is 0 Å². The largest absolute Gasteiger partial charge is 0.458 e. The third-order valence-electron chi connectivity index (χ3n) is 5.11. The van der Waals surface area contributed by atoms with Gasteiger partial charge in [0, 0.05) is 66.7 Å². The number of carbonyl (C=O) groups is 1. The van der Waals surface area contributed by atoms with Gasteiger partial charge >= 0.3 is 5.97 Å². The summed E-state index contributed by atoms with van der Waals surface area (Å²) >= 11 is 0. The SMILES string of the molecule is CC.CN(C)c1nccc2nc3c(cc12)Cn1c-3cc2c(c1=O)COC(=O)C2O.[CH3-].[Np]. The summed E-state index contributed by atoms with van der Waals surface area (Å²) < 4.78 is 6.52. The van der Waals surface area contributed by atoms with Crippen LogP contribution in [0.25, 0.3) is 22.3 Å². The van der Waals surface area contributed by atoms with Crippen molar-refractivity contribution in [3.63, 3.8) is 0 Å². The first-order chi connectivity index (χ1) is 14.0. The van der Waals surface area contributed by atoms with Crippen molar-refractivity contribution in [3.8, 4) is 11.4 Å². The summed E-state index contributed by atoms with van der Waals surface area (Å²) in [5.41, 5.74) is 3.32. The molecule has 8 nitrogen and oxygen atoms in total. The third-order valence-corrected chi connectivity index (χ3v) is 5.11. The fraction of sp³-hybridized carbons (Fsp3) is 0.318. The number of hydrogen-bond acceptors (Lipinski definition) is 7. The number of esters is 1. The number of cyclic esters (lactones) is 1. The van der Waals surface area contributed by atoms with Crippen molar-refractivity contribution >= 4 is 22.7 Å². The number of hydrogen-bond donors (Lipinski definition) is 1. The van der Waals surface area contributed by atoms with Gasteiger partial charge in [-0.15, -0.1) is 0 Å². The van der Waals surface area contributed by atoms with E-state index in [1.165, 1.54) is 0 Å². The van der Waals surface area contributed by atoms with E-state index in [1.54, 1.807) is 16.8 Å². The molecule has 0 bridgehead atoms. The minimum absolute atomic E-state index is 0. The predicted molar refractivity (Wildman–Crippen MR) is 115 cm³/mol. The first kappa shape index (κ1) is 25.0. The average molecular weight is 646 g/mol. The zero-order valence-corrected chi connectivity index (χ0v) is 21.9. The van der Waals surface area contributed by atoms with Gasteiger partial charge in [0.2, 0.25) is 0 Å². The summed E-state index contributed by atoms with van der Waals surface area (Å²) in [5, 5.41) is 11.1. The Kier molecular flexibility index (Phi) is 7.66. The average Bonchev–Trinajstić information content (AvgIpc) is 3.08. The molecule has 3 aromatic heterocycles. The van der Waals surface area contributed by atoms with Crippen molar-refractivity contribution in [1.82, 2.24) is 14.5 Å². The van der Waals surface area contributed by atoms with Gasteiger partial charge in [0.25, 0.3) is 5.56 Å². The maximum atomic E-state index is 12.9. The molecule has 1 unspecified atom stereocenters. The number of ether oxygens (including phenoxy) is 1. The Bertz CT molecular complexity index is 1210. The van der Waals surface area contributed by atoms with Crippen molar-refractivity contribution in [2.75, 3.05) is 19.0 Å². The van der Waals surface area contributed by atoms with Gasteiger partial charge in [-0.25, -0.2) is 14.8 Å². The van der Waals surface area contributed by atoms with Gasteiger partial charge < -0.3 is 26.7 Å². The first-order valence-corrected chi connectivity index (χ1v) is 9.53. The van der Waals surface area contributed by atoms with E-state index >= 15 is 0 Å². The Hall–Kier alpha value is -2.25. The molecular formula is C22H25N4NpO4-. The number of nitrogens with zero attached hydrogens (tertiary/aromatic N) is 4. The molecular weight excluding hydrogens is 621 g/mol. The van der Waals surface area contributed by atoms with Crippen LogP contribution in [0, 0.1) is 37.4 Å². The normalized spacial score (nSPS) is 15.3. The van der Waals surface area contributed by atoms with E-state index in [9.17, 15) is 14.7 Å². The third kappa shape index (κ3) is 3.89. The van der Waals surface area contributed by atoms with Crippen LogP contribution in [0.15, 0.2) is 29.2 Å².